The lowest BCUT2D eigenvalue weighted by molar-refractivity contribution is -0.763. The lowest BCUT2D eigenvalue weighted by Gasteiger charge is -2.31. The van der Waals surface area contributed by atoms with Crippen molar-refractivity contribution in [2.24, 2.45) is 0 Å². The number of methoxy groups -OCH3 is 1. The third-order valence-electron chi connectivity index (χ3n) is 4.76. The van der Waals surface area contributed by atoms with Gasteiger partial charge in [-0.3, -0.25) is 14.6 Å². The molecule has 0 radical (unpaired) electrons. The van der Waals surface area contributed by atoms with Crippen molar-refractivity contribution in [2.75, 3.05) is 18.3 Å². The van der Waals surface area contributed by atoms with Crippen LogP contribution in [0.3, 0.4) is 0 Å². The molecule has 7 nitrogen and oxygen atoms in total. The van der Waals surface area contributed by atoms with Gasteiger partial charge in [0.1, 0.15) is 5.75 Å². The molecule has 0 spiro atoms. The fourth-order valence-corrected chi connectivity index (χ4v) is 4.34. The van der Waals surface area contributed by atoms with E-state index in [4.69, 9.17) is 4.74 Å². The number of rotatable bonds is 3. The number of para-hydroxylation sites is 1. The molecule has 1 atom stereocenters. The fourth-order valence-electron chi connectivity index (χ4n) is 3.59. The van der Waals surface area contributed by atoms with E-state index in [0.717, 1.165) is 4.47 Å². The van der Waals surface area contributed by atoms with E-state index in [2.05, 4.69) is 26.0 Å². The van der Waals surface area contributed by atoms with Gasteiger partial charge in [-0.25, -0.2) is 4.90 Å². The summed E-state index contributed by atoms with van der Waals surface area (Å²) in [5.41, 5.74) is 2.13. The van der Waals surface area contributed by atoms with E-state index in [1.807, 2.05) is 48.7 Å². The minimum atomic E-state index is -0.682. The van der Waals surface area contributed by atoms with Crippen LogP contribution in [0, 0.1) is 0 Å². The second-order valence-electron chi connectivity index (χ2n) is 6.42. The molecule has 2 aromatic carbocycles. The summed E-state index contributed by atoms with van der Waals surface area (Å²) in [7, 11) is 1.58. The number of anilines is 1. The van der Waals surface area contributed by atoms with Crippen molar-refractivity contribution in [1.29, 1.82) is 0 Å². The Kier molecular flexibility index (Phi) is 5.18. The van der Waals surface area contributed by atoms with Crippen molar-refractivity contribution in [2.45, 2.75) is 18.2 Å². The summed E-state index contributed by atoms with van der Waals surface area (Å²) in [5.74, 6) is 0.422. The molecule has 1 N–H and O–H groups in total. The van der Waals surface area contributed by atoms with Crippen LogP contribution in [0.15, 0.2) is 56.9 Å². The second-order valence-corrected chi connectivity index (χ2v) is 8.13. The summed E-state index contributed by atoms with van der Waals surface area (Å²) in [6.07, 6.45) is 1.15. The minimum Gasteiger partial charge on any atom is -0.496 e. The Bertz CT molecular complexity index is 1180. The largest absolute Gasteiger partial charge is 0.496 e. The van der Waals surface area contributed by atoms with Gasteiger partial charge in [-0.1, -0.05) is 39.8 Å². The van der Waals surface area contributed by atoms with E-state index < -0.39 is 6.17 Å². The van der Waals surface area contributed by atoms with Crippen LogP contribution in [-0.4, -0.2) is 29.4 Å². The first-order chi connectivity index (χ1) is 14.0. The zero-order chi connectivity index (χ0) is 20.7. The molecule has 3 aromatic rings. The van der Waals surface area contributed by atoms with Crippen LogP contribution in [0.1, 0.15) is 18.7 Å². The molecule has 0 saturated carbocycles. The second kappa shape index (κ2) is 7.64. The Morgan fingerprint density at radius 2 is 2.07 bits per heavy atom. The maximum Gasteiger partial charge on any atom is 0.325 e. The van der Waals surface area contributed by atoms with E-state index in [9.17, 15) is 9.59 Å². The Morgan fingerprint density at radius 1 is 1.31 bits per heavy atom. The third kappa shape index (κ3) is 3.24. The zero-order valence-corrected chi connectivity index (χ0v) is 18.4. The van der Waals surface area contributed by atoms with E-state index in [1.54, 1.807) is 16.7 Å². The fraction of sp³-hybridized carbons (Fsp3) is 0.200. The average molecular weight is 474 g/mol. The lowest BCUT2D eigenvalue weighted by Crippen LogP contribution is -2.60. The molecule has 0 aliphatic carbocycles. The summed E-state index contributed by atoms with van der Waals surface area (Å²) in [5, 5.41) is 5.11. The van der Waals surface area contributed by atoms with Gasteiger partial charge in [-0.15, -0.1) is 0 Å². The van der Waals surface area contributed by atoms with E-state index >= 15 is 0 Å². The summed E-state index contributed by atoms with van der Waals surface area (Å²) < 4.78 is 8.02. The molecule has 9 heteroatoms. The van der Waals surface area contributed by atoms with Gasteiger partial charge in [0.15, 0.2) is 0 Å². The highest BCUT2D eigenvalue weighted by Crippen LogP contribution is 2.40. The first-order valence-corrected chi connectivity index (χ1v) is 10.8. The molecular formula is C20H18BrN4O3S+. The SMILES string of the molecule is COc1ccc(Br)cc1[C@@H]1N(C(C)=O)c2ccccc2-c2c(=O)[nH]c(SC)n[n+]21. The van der Waals surface area contributed by atoms with Gasteiger partial charge in [-0.05, 0) is 41.3 Å². The van der Waals surface area contributed by atoms with Gasteiger partial charge < -0.3 is 4.74 Å². The van der Waals surface area contributed by atoms with E-state index in [1.165, 1.54) is 18.7 Å². The molecule has 0 fully saturated rings. The van der Waals surface area contributed by atoms with E-state index in [0.29, 0.717) is 33.4 Å². The number of nitrogens with one attached hydrogen (secondary N) is 1. The van der Waals surface area contributed by atoms with Crippen LogP contribution in [0.5, 0.6) is 5.75 Å². The summed E-state index contributed by atoms with van der Waals surface area (Å²) >= 11 is 4.83. The van der Waals surface area contributed by atoms with Gasteiger partial charge in [0, 0.05) is 16.5 Å². The van der Waals surface area contributed by atoms with Crippen molar-refractivity contribution in [3.05, 3.63) is 62.9 Å². The maximum atomic E-state index is 13.0. The first kappa shape index (κ1) is 19.7. The molecule has 0 bridgehead atoms. The van der Waals surface area contributed by atoms with Crippen LogP contribution in [0.25, 0.3) is 11.3 Å². The molecule has 29 heavy (non-hydrogen) atoms. The van der Waals surface area contributed by atoms with Gasteiger partial charge in [-0.2, -0.15) is 0 Å². The quantitative estimate of drug-likeness (QED) is 0.466. The van der Waals surface area contributed by atoms with Crippen molar-refractivity contribution in [3.8, 4) is 17.0 Å². The lowest BCUT2D eigenvalue weighted by atomic mass is 10.0. The van der Waals surface area contributed by atoms with Crippen molar-refractivity contribution >= 4 is 39.3 Å². The van der Waals surface area contributed by atoms with E-state index in [-0.39, 0.29) is 11.5 Å². The van der Waals surface area contributed by atoms with Gasteiger partial charge in [0.05, 0.1) is 23.9 Å². The predicted molar refractivity (Wildman–Crippen MR) is 114 cm³/mol. The number of ether oxygens (including phenoxy) is 1. The number of benzene rings is 2. The average Bonchev–Trinajstić information content (AvgIpc) is 2.71. The molecule has 1 aromatic heterocycles. The molecule has 0 saturated heterocycles. The zero-order valence-electron chi connectivity index (χ0n) is 16.0. The van der Waals surface area contributed by atoms with Crippen LogP contribution in [-0.2, 0) is 4.79 Å². The number of aromatic nitrogens is 3. The van der Waals surface area contributed by atoms with Crippen molar-refractivity contribution in [3.63, 3.8) is 0 Å². The highest BCUT2D eigenvalue weighted by molar-refractivity contribution is 9.10. The number of hydrogen-bond donors (Lipinski definition) is 1. The number of fused-ring (bicyclic) bond motifs is 3. The minimum absolute atomic E-state index is 0.171. The Labute approximate surface area is 179 Å². The highest BCUT2D eigenvalue weighted by Gasteiger charge is 2.46. The molecule has 148 valence electrons. The molecule has 1 amide bonds. The van der Waals surface area contributed by atoms with Gasteiger partial charge >= 0.3 is 11.3 Å². The van der Waals surface area contributed by atoms with Gasteiger partial charge in [0.25, 0.3) is 6.17 Å². The van der Waals surface area contributed by atoms with Crippen LogP contribution >= 0.6 is 27.7 Å². The molecule has 1 aliphatic heterocycles. The summed E-state index contributed by atoms with van der Waals surface area (Å²) in [4.78, 5) is 30.3. The number of aromatic amines is 1. The molecular weight excluding hydrogens is 456 g/mol. The van der Waals surface area contributed by atoms with Crippen LogP contribution in [0.2, 0.25) is 0 Å². The normalized spacial score (nSPS) is 14.9. The number of amides is 1. The van der Waals surface area contributed by atoms with Crippen molar-refractivity contribution < 1.29 is 14.2 Å². The maximum absolute atomic E-state index is 13.0. The monoisotopic (exact) mass is 473 g/mol. The van der Waals surface area contributed by atoms with Crippen molar-refractivity contribution in [1.82, 2.24) is 10.1 Å². The highest BCUT2D eigenvalue weighted by atomic mass is 79.9. The number of nitrogens with zero attached hydrogens (tertiary/aromatic N) is 3. The molecule has 4 rings (SSSR count). The number of carbonyl (C=O) groups is 1. The number of thioether (sulfide) groups is 1. The topological polar surface area (TPSA) is 79.2 Å². The number of H-pyrrole nitrogens is 1. The van der Waals surface area contributed by atoms with Gasteiger partial charge in [0.2, 0.25) is 11.1 Å². The number of halogens is 1. The smallest absolute Gasteiger partial charge is 0.325 e. The first-order valence-electron chi connectivity index (χ1n) is 8.79. The third-order valence-corrected chi connectivity index (χ3v) is 5.82. The summed E-state index contributed by atoms with van der Waals surface area (Å²) in [6.45, 7) is 1.50. The predicted octanol–water partition coefficient (Wildman–Crippen LogP) is 3.13. The number of hydrogen-bond acceptors (Lipinski definition) is 5. The Morgan fingerprint density at radius 3 is 2.76 bits per heavy atom. The van der Waals surface area contributed by atoms with Crippen LogP contribution in [0.4, 0.5) is 5.69 Å². The number of carbonyl (C=O) groups excluding carboxylic acids is 1. The summed E-state index contributed by atoms with van der Waals surface area (Å²) in [6, 6.07) is 12.9. The Hall–Kier alpha value is -2.65. The van der Waals surface area contributed by atoms with Crippen LogP contribution < -0.4 is 19.9 Å². The molecule has 0 unspecified atom stereocenters. The molecule has 2 heterocycles. The molecule has 1 aliphatic rings. The standard InChI is InChI=1S/C20H17BrN4O3S/c1-11(26)24-15-7-5-4-6-13(15)17-18(27)22-20(29-3)23-25(17)19(24)14-10-12(21)8-9-16(14)28-2/h4-10,19H,1-3H3/p+1/t19-/m1/s1. The Balaban J connectivity index is 2.13.